The molecular weight excluding hydrogens is 240 g/mol. The molecule has 1 aromatic rings. The smallest absolute Gasteiger partial charge is 0.119 e. The second kappa shape index (κ2) is 6.89. The van der Waals surface area contributed by atoms with Crippen LogP contribution < -0.4 is 10.1 Å². The minimum Gasteiger partial charge on any atom is -0.497 e. The summed E-state index contributed by atoms with van der Waals surface area (Å²) in [4.78, 5) is 2.38. The SMILES string of the molecule is COc1cccc(C(O)CNCC2CCCN2C)c1. The highest BCUT2D eigenvalue weighted by Gasteiger charge is 2.20. The number of methoxy groups -OCH3 is 1. The number of rotatable bonds is 6. The summed E-state index contributed by atoms with van der Waals surface area (Å²) in [7, 11) is 3.80. The van der Waals surface area contributed by atoms with Crippen LogP contribution >= 0.6 is 0 Å². The Kier molecular flexibility index (Phi) is 5.19. The third-order valence-corrected chi connectivity index (χ3v) is 3.87. The molecule has 0 bridgehead atoms. The Morgan fingerprint density at radius 2 is 2.37 bits per heavy atom. The van der Waals surface area contributed by atoms with Crippen LogP contribution in [0.25, 0.3) is 0 Å². The summed E-state index contributed by atoms with van der Waals surface area (Å²) in [5, 5.41) is 13.5. The van der Waals surface area contributed by atoms with Gasteiger partial charge in [0.05, 0.1) is 13.2 Å². The molecule has 0 spiro atoms. The first-order chi connectivity index (χ1) is 9.20. The van der Waals surface area contributed by atoms with Gasteiger partial charge in [-0.2, -0.15) is 0 Å². The number of likely N-dealkylation sites (tertiary alicyclic amines) is 1. The molecule has 2 unspecified atom stereocenters. The average Bonchev–Trinajstić information content (AvgIpc) is 2.84. The quantitative estimate of drug-likeness (QED) is 0.815. The molecule has 1 fully saturated rings. The lowest BCUT2D eigenvalue weighted by molar-refractivity contribution is 0.170. The van der Waals surface area contributed by atoms with E-state index in [2.05, 4.69) is 17.3 Å². The maximum atomic E-state index is 10.1. The Balaban J connectivity index is 1.78. The molecule has 1 saturated heterocycles. The topological polar surface area (TPSA) is 44.7 Å². The molecule has 0 saturated carbocycles. The van der Waals surface area contributed by atoms with E-state index < -0.39 is 6.10 Å². The van der Waals surface area contributed by atoms with E-state index in [1.807, 2.05) is 24.3 Å². The minimum atomic E-state index is -0.484. The maximum Gasteiger partial charge on any atom is 0.119 e. The van der Waals surface area contributed by atoms with Gasteiger partial charge in [0, 0.05) is 19.1 Å². The normalized spacial score (nSPS) is 21.5. The molecule has 1 aliphatic rings. The van der Waals surface area contributed by atoms with Crippen LogP contribution in [0.2, 0.25) is 0 Å². The largest absolute Gasteiger partial charge is 0.497 e. The van der Waals surface area contributed by atoms with Crippen LogP contribution in [0.1, 0.15) is 24.5 Å². The van der Waals surface area contributed by atoms with E-state index in [0.29, 0.717) is 12.6 Å². The van der Waals surface area contributed by atoms with Gasteiger partial charge in [0.15, 0.2) is 0 Å². The fraction of sp³-hybridized carbons (Fsp3) is 0.600. The van der Waals surface area contributed by atoms with E-state index in [-0.39, 0.29) is 0 Å². The van der Waals surface area contributed by atoms with Gasteiger partial charge < -0.3 is 20.1 Å². The van der Waals surface area contributed by atoms with E-state index in [1.165, 1.54) is 19.4 Å². The van der Waals surface area contributed by atoms with Crippen LogP contribution in [0, 0.1) is 0 Å². The molecule has 0 aliphatic carbocycles. The van der Waals surface area contributed by atoms with E-state index in [4.69, 9.17) is 4.74 Å². The van der Waals surface area contributed by atoms with Gasteiger partial charge >= 0.3 is 0 Å². The molecular formula is C15H24N2O2. The molecule has 2 rings (SSSR count). The predicted molar refractivity (Wildman–Crippen MR) is 76.5 cm³/mol. The van der Waals surface area contributed by atoms with Crippen molar-refractivity contribution >= 4 is 0 Å². The Hall–Kier alpha value is -1.10. The summed E-state index contributed by atoms with van der Waals surface area (Å²) in [6.07, 6.45) is 2.04. The van der Waals surface area contributed by atoms with Gasteiger partial charge in [-0.25, -0.2) is 0 Å². The fourth-order valence-electron chi connectivity index (χ4n) is 2.59. The Bertz CT molecular complexity index is 397. The van der Waals surface area contributed by atoms with Crippen molar-refractivity contribution < 1.29 is 9.84 Å². The lowest BCUT2D eigenvalue weighted by Gasteiger charge is -2.21. The molecule has 2 N–H and O–H groups in total. The summed E-state index contributed by atoms with van der Waals surface area (Å²) in [6, 6.07) is 8.21. The first-order valence-electron chi connectivity index (χ1n) is 6.93. The lowest BCUT2D eigenvalue weighted by atomic mass is 10.1. The van der Waals surface area contributed by atoms with Crippen LogP contribution in [0.5, 0.6) is 5.75 Å². The number of aliphatic hydroxyl groups is 1. The molecule has 0 amide bonds. The van der Waals surface area contributed by atoms with Crippen molar-refractivity contribution in [3.05, 3.63) is 29.8 Å². The number of nitrogens with one attached hydrogen (secondary N) is 1. The van der Waals surface area contributed by atoms with Crippen LogP contribution in [-0.4, -0.2) is 49.8 Å². The number of hydrogen-bond acceptors (Lipinski definition) is 4. The number of ether oxygens (including phenoxy) is 1. The second-order valence-corrected chi connectivity index (χ2v) is 5.23. The first kappa shape index (κ1) is 14.3. The van der Waals surface area contributed by atoms with E-state index in [9.17, 15) is 5.11 Å². The van der Waals surface area contributed by atoms with Gasteiger partial charge in [-0.1, -0.05) is 12.1 Å². The predicted octanol–water partition coefficient (Wildman–Crippen LogP) is 1.41. The van der Waals surface area contributed by atoms with E-state index in [0.717, 1.165) is 17.9 Å². The Labute approximate surface area is 115 Å². The lowest BCUT2D eigenvalue weighted by Crippen LogP contribution is -2.37. The fourth-order valence-corrected chi connectivity index (χ4v) is 2.59. The van der Waals surface area contributed by atoms with Crippen molar-refractivity contribution in [1.29, 1.82) is 0 Å². The molecule has 1 heterocycles. The number of benzene rings is 1. The molecule has 106 valence electrons. The molecule has 19 heavy (non-hydrogen) atoms. The van der Waals surface area contributed by atoms with Crippen molar-refractivity contribution in [1.82, 2.24) is 10.2 Å². The minimum absolute atomic E-state index is 0.484. The van der Waals surface area contributed by atoms with E-state index in [1.54, 1.807) is 7.11 Å². The number of likely N-dealkylation sites (N-methyl/N-ethyl adjacent to an activating group) is 1. The molecule has 2 atom stereocenters. The second-order valence-electron chi connectivity index (χ2n) is 5.23. The molecule has 1 aliphatic heterocycles. The van der Waals surface area contributed by atoms with Gasteiger partial charge in [-0.3, -0.25) is 0 Å². The highest BCUT2D eigenvalue weighted by atomic mass is 16.5. The van der Waals surface area contributed by atoms with Crippen molar-refractivity contribution in [2.75, 3.05) is 33.8 Å². The van der Waals surface area contributed by atoms with Gasteiger partial charge in [-0.05, 0) is 44.1 Å². The first-order valence-corrected chi connectivity index (χ1v) is 6.93. The van der Waals surface area contributed by atoms with E-state index >= 15 is 0 Å². The molecule has 0 aromatic heterocycles. The summed E-state index contributed by atoms with van der Waals surface area (Å²) in [6.45, 7) is 2.71. The van der Waals surface area contributed by atoms with Gasteiger partial charge in [-0.15, -0.1) is 0 Å². The highest BCUT2D eigenvalue weighted by molar-refractivity contribution is 5.29. The summed E-state index contributed by atoms with van der Waals surface area (Å²) < 4.78 is 5.17. The summed E-state index contributed by atoms with van der Waals surface area (Å²) in [5.41, 5.74) is 0.895. The van der Waals surface area contributed by atoms with Crippen molar-refractivity contribution in [2.24, 2.45) is 0 Å². The summed E-state index contributed by atoms with van der Waals surface area (Å²) >= 11 is 0. The van der Waals surface area contributed by atoms with Crippen molar-refractivity contribution in [2.45, 2.75) is 25.0 Å². The van der Waals surface area contributed by atoms with Gasteiger partial charge in [0.1, 0.15) is 5.75 Å². The number of aliphatic hydroxyl groups excluding tert-OH is 1. The zero-order chi connectivity index (χ0) is 13.7. The molecule has 4 heteroatoms. The Morgan fingerprint density at radius 3 is 3.05 bits per heavy atom. The third-order valence-electron chi connectivity index (χ3n) is 3.87. The molecule has 0 radical (unpaired) electrons. The van der Waals surface area contributed by atoms with Gasteiger partial charge in [0.2, 0.25) is 0 Å². The van der Waals surface area contributed by atoms with Crippen molar-refractivity contribution in [3.63, 3.8) is 0 Å². The molecule has 1 aromatic carbocycles. The average molecular weight is 264 g/mol. The Morgan fingerprint density at radius 1 is 1.53 bits per heavy atom. The number of nitrogens with zero attached hydrogens (tertiary/aromatic N) is 1. The highest BCUT2D eigenvalue weighted by Crippen LogP contribution is 2.19. The van der Waals surface area contributed by atoms with Crippen LogP contribution in [0.4, 0.5) is 0 Å². The third kappa shape index (κ3) is 3.93. The summed E-state index contributed by atoms with van der Waals surface area (Å²) in [5.74, 6) is 0.784. The number of hydrogen-bond donors (Lipinski definition) is 2. The van der Waals surface area contributed by atoms with Crippen LogP contribution in [-0.2, 0) is 0 Å². The maximum absolute atomic E-state index is 10.1. The zero-order valence-corrected chi connectivity index (χ0v) is 11.8. The van der Waals surface area contributed by atoms with Crippen LogP contribution in [0.3, 0.4) is 0 Å². The monoisotopic (exact) mass is 264 g/mol. The standard InChI is InChI=1S/C15H24N2O2/c1-17-8-4-6-13(17)10-16-11-15(18)12-5-3-7-14(9-12)19-2/h3,5,7,9,13,15-16,18H,4,6,8,10-11H2,1-2H3. The zero-order valence-electron chi connectivity index (χ0n) is 11.8. The van der Waals surface area contributed by atoms with Gasteiger partial charge in [0.25, 0.3) is 0 Å². The van der Waals surface area contributed by atoms with Crippen LogP contribution in [0.15, 0.2) is 24.3 Å². The molecule has 4 nitrogen and oxygen atoms in total. The van der Waals surface area contributed by atoms with Crippen molar-refractivity contribution in [3.8, 4) is 5.75 Å².